The lowest BCUT2D eigenvalue weighted by molar-refractivity contribution is -0.151. The van der Waals surface area contributed by atoms with Crippen molar-refractivity contribution in [2.24, 2.45) is 28.6 Å². The Labute approximate surface area is 87.8 Å². The Morgan fingerprint density at radius 2 is 2.13 bits per heavy atom. The Morgan fingerprint density at radius 3 is 2.87 bits per heavy atom. The first-order valence-electron chi connectivity index (χ1n) is 5.85. The molecule has 15 heavy (non-hydrogen) atoms. The van der Waals surface area contributed by atoms with Crippen LogP contribution in [0.25, 0.3) is 0 Å². The van der Waals surface area contributed by atoms with Gasteiger partial charge in [0.2, 0.25) is 0 Å². The molecule has 4 aliphatic rings. The molecule has 0 amide bonds. The minimum Gasteiger partial charge on any atom is -0.481 e. The van der Waals surface area contributed by atoms with E-state index in [0.29, 0.717) is 18.1 Å². The van der Waals surface area contributed by atoms with Crippen molar-refractivity contribution >= 4 is 11.8 Å². The minimum atomic E-state index is -0.644. The number of carbonyl (C=O) groups is 2. The lowest BCUT2D eigenvalue weighted by atomic mass is 9.55. The van der Waals surface area contributed by atoms with E-state index >= 15 is 0 Å². The first kappa shape index (κ1) is 8.31. The molecular formula is C12H14O3. The summed E-state index contributed by atoms with van der Waals surface area (Å²) >= 11 is 0. The van der Waals surface area contributed by atoms with E-state index in [-0.39, 0.29) is 17.3 Å². The van der Waals surface area contributed by atoms with Gasteiger partial charge in [-0.15, -0.1) is 0 Å². The third kappa shape index (κ3) is 0.649. The molecule has 0 aliphatic heterocycles. The standard InChI is InChI=1S/C12H14O3/c13-9-6-2-11(10(14)15)4-7-1-8(9)12(7,3-6)5-11/h6-8H,1-5H2,(H,14,15). The van der Waals surface area contributed by atoms with Crippen molar-refractivity contribution in [3.63, 3.8) is 0 Å². The summed E-state index contributed by atoms with van der Waals surface area (Å²) in [4.78, 5) is 23.4. The number of aliphatic carboxylic acids is 1. The van der Waals surface area contributed by atoms with Crippen molar-refractivity contribution in [2.45, 2.75) is 32.1 Å². The van der Waals surface area contributed by atoms with Crippen molar-refractivity contribution in [2.75, 3.05) is 0 Å². The van der Waals surface area contributed by atoms with E-state index in [1.165, 1.54) is 0 Å². The normalized spacial score (nSPS) is 59.2. The van der Waals surface area contributed by atoms with Crippen LogP contribution in [0.2, 0.25) is 0 Å². The van der Waals surface area contributed by atoms with Gasteiger partial charge in [-0.05, 0) is 43.4 Å². The molecule has 4 saturated carbocycles. The lowest BCUT2D eigenvalue weighted by Gasteiger charge is -2.47. The Bertz CT molecular complexity index is 402. The molecule has 0 aromatic heterocycles. The predicted molar refractivity (Wildman–Crippen MR) is 51.1 cm³/mol. The van der Waals surface area contributed by atoms with Gasteiger partial charge in [0.15, 0.2) is 0 Å². The second kappa shape index (κ2) is 2.00. The summed E-state index contributed by atoms with van der Waals surface area (Å²) in [5.41, 5.74) is -0.368. The van der Waals surface area contributed by atoms with Crippen LogP contribution in [0, 0.1) is 28.6 Å². The zero-order chi connectivity index (χ0) is 10.4. The van der Waals surface area contributed by atoms with Gasteiger partial charge in [-0.2, -0.15) is 0 Å². The quantitative estimate of drug-likeness (QED) is 0.706. The van der Waals surface area contributed by atoms with E-state index in [4.69, 9.17) is 0 Å². The number of carboxylic acid groups (broad SMARTS) is 1. The van der Waals surface area contributed by atoms with Gasteiger partial charge in [0, 0.05) is 11.8 Å². The highest BCUT2D eigenvalue weighted by molar-refractivity contribution is 5.91. The zero-order valence-corrected chi connectivity index (χ0v) is 8.53. The summed E-state index contributed by atoms with van der Waals surface area (Å²) in [5.74, 6) is 0.641. The average molecular weight is 206 g/mol. The third-order valence-electron chi connectivity index (χ3n) is 5.79. The highest BCUT2D eigenvalue weighted by Crippen LogP contribution is 2.77. The van der Waals surface area contributed by atoms with Crippen molar-refractivity contribution in [1.82, 2.24) is 0 Å². The maximum absolute atomic E-state index is 12.0. The summed E-state index contributed by atoms with van der Waals surface area (Å²) in [7, 11) is 0. The topological polar surface area (TPSA) is 54.4 Å². The first-order valence-corrected chi connectivity index (χ1v) is 5.85. The van der Waals surface area contributed by atoms with Crippen LogP contribution in [-0.4, -0.2) is 16.9 Å². The van der Waals surface area contributed by atoms with Crippen molar-refractivity contribution < 1.29 is 14.7 Å². The molecule has 80 valence electrons. The molecule has 4 rings (SSSR count). The number of rotatable bonds is 1. The van der Waals surface area contributed by atoms with Gasteiger partial charge in [0.05, 0.1) is 5.41 Å². The Kier molecular flexibility index (Phi) is 1.11. The van der Waals surface area contributed by atoms with Gasteiger partial charge < -0.3 is 5.11 Å². The van der Waals surface area contributed by atoms with Gasteiger partial charge in [0.1, 0.15) is 5.78 Å². The van der Waals surface area contributed by atoms with Crippen LogP contribution in [0.15, 0.2) is 0 Å². The minimum absolute atomic E-state index is 0.0901. The Balaban J connectivity index is 1.88. The largest absolute Gasteiger partial charge is 0.481 e. The van der Waals surface area contributed by atoms with Crippen LogP contribution < -0.4 is 0 Å². The Hall–Kier alpha value is -0.860. The number of ketones is 1. The molecule has 3 nitrogen and oxygen atoms in total. The molecule has 0 saturated heterocycles. The molecule has 4 fully saturated rings. The summed E-state index contributed by atoms with van der Waals surface area (Å²) in [6.07, 6.45) is 4.28. The average Bonchev–Trinajstić information content (AvgIpc) is 2.45. The molecular weight excluding hydrogens is 192 g/mol. The number of hydrogen-bond acceptors (Lipinski definition) is 2. The molecule has 1 N–H and O–H groups in total. The van der Waals surface area contributed by atoms with E-state index < -0.39 is 11.4 Å². The van der Waals surface area contributed by atoms with E-state index in [9.17, 15) is 14.7 Å². The zero-order valence-electron chi connectivity index (χ0n) is 8.53. The molecule has 5 atom stereocenters. The molecule has 5 unspecified atom stereocenters. The van der Waals surface area contributed by atoms with Gasteiger partial charge in [-0.3, -0.25) is 9.59 Å². The molecule has 3 heteroatoms. The summed E-state index contributed by atoms with van der Waals surface area (Å²) in [6.45, 7) is 0. The highest BCUT2D eigenvalue weighted by Gasteiger charge is 2.75. The summed E-state index contributed by atoms with van der Waals surface area (Å²) < 4.78 is 0. The molecule has 0 aromatic rings. The fraction of sp³-hybridized carbons (Fsp3) is 0.833. The predicted octanol–water partition coefficient (Wildman–Crippen LogP) is 1.47. The van der Waals surface area contributed by atoms with Crippen molar-refractivity contribution in [1.29, 1.82) is 0 Å². The van der Waals surface area contributed by atoms with Gasteiger partial charge in [-0.1, -0.05) is 0 Å². The highest BCUT2D eigenvalue weighted by atomic mass is 16.4. The van der Waals surface area contributed by atoms with Gasteiger partial charge in [-0.25, -0.2) is 0 Å². The lowest BCUT2D eigenvalue weighted by Crippen LogP contribution is -2.44. The van der Waals surface area contributed by atoms with Crippen LogP contribution in [-0.2, 0) is 9.59 Å². The number of hydrogen-bond donors (Lipinski definition) is 1. The summed E-state index contributed by atoms with van der Waals surface area (Å²) in [6, 6.07) is 0. The SMILES string of the molecule is O=C1C2CC3(C(=O)O)CC4CC1C4(C2)C3. The second-order valence-corrected chi connectivity index (χ2v) is 6.19. The van der Waals surface area contributed by atoms with Gasteiger partial charge >= 0.3 is 5.97 Å². The van der Waals surface area contributed by atoms with Crippen molar-refractivity contribution in [3.8, 4) is 0 Å². The molecule has 4 aliphatic carbocycles. The van der Waals surface area contributed by atoms with E-state index in [2.05, 4.69) is 0 Å². The van der Waals surface area contributed by atoms with E-state index in [1.807, 2.05) is 0 Å². The number of carbonyl (C=O) groups excluding carboxylic acids is 1. The maximum Gasteiger partial charge on any atom is 0.309 e. The first-order chi connectivity index (χ1) is 7.07. The molecule has 0 radical (unpaired) electrons. The van der Waals surface area contributed by atoms with Crippen LogP contribution in [0.5, 0.6) is 0 Å². The van der Waals surface area contributed by atoms with Crippen molar-refractivity contribution in [3.05, 3.63) is 0 Å². The molecule has 0 heterocycles. The second-order valence-electron chi connectivity index (χ2n) is 6.19. The fourth-order valence-corrected chi connectivity index (χ4v) is 5.28. The van der Waals surface area contributed by atoms with Crippen LogP contribution in [0.3, 0.4) is 0 Å². The molecule has 1 spiro atoms. The van der Waals surface area contributed by atoms with Crippen LogP contribution >= 0.6 is 0 Å². The smallest absolute Gasteiger partial charge is 0.309 e. The van der Waals surface area contributed by atoms with E-state index in [1.54, 1.807) is 0 Å². The number of fused-ring (bicyclic) bond motifs is 2. The number of carboxylic acids is 1. The fourth-order valence-electron chi connectivity index (χ4n) is 5.28. The van der Waals surface area contributed by atoms with Gasteiger partial charge in [0.25, 0.3) is 0 Å². The maximum atomic E-state index is 12.0. The third-order valence-corrected chi connectivity index (χ3v) is 5.79. The number of Topliss-reactive ketones (excluding diaryl/α,β-unsaturated/α-hetero) is 1. The Morgan fingerprint density at radius 1 is 1.33 bits per heavy atom. The molecule has 0 aromatic carbocycles. The van der Waals surface area contributed by atoms with Crippen LogP contribution in [0.4, 0.5) is 0 Å². The summed E-state index contributed by atoms with van der Waals surface area (Å²) in [5, 5.41) is 9.39. The monoisotopic (exact) mass is 206 g/mol. The van der Waals surface area contributed by atoms with E-state index in [0.717, 1.165) is 25.7 Å². The molecule has 3 bridgehead atoms. The van der Waals surface area contributed by atoms with Crippen LogP contribution in [0.1, 0.15) is 32.1 Å².